The van der Waals surface area contributed by atoms with Gasteiger partial charge in [-0.1, -0.05) is 24.6 Å². The van der Waals surface area contributed by atoms with Crippen molar-refractivity contribution in [2.24, 2.45) is 7.05 Å². The first kappa shape index (κ1) is 22.5. The molecule has 0 atom stereocenters. The predicted octanol–water partition coefficient (Wildman–Crippen LogP) is 4.61. The van der Waals surface area contributed by atoms with Crippen LogP contribution in [0.2, 0.25) is 5.15 Å². The third kappa shape index (κ3) is 4.62. The minimum atomic E-state index is -0.808. The molecular weight excluding hydrogens is 412 g/mol. The predicted molar refractivity (Wildman–Crippen MR) is 124 cm³/mol. The highest BCUT2D eigenvalue weighted by atomic mass is 35.5. The van der Waals surface area contributed by atoms with Crippen molar-refractivity contribution in [3.63, 3.8) is 0 Å². The summed E-state index contributed by atoms with van der Waals surface area (Å²) in [6.07, 6.45) is 3.30. The number of aryl methyl sites for hydroxylation is 1. The average molecular weight is 437 g/mol. The van der Waals surface area contributed by atoms with E-state index in [1.54, 1.807) is 23.9 Å². The van der Waals surface area contributed by atoms with Gasteiger partial charge < -0.3 is 9.88 Å². The van der Waals surface area contributed by atoms with Crippen LogP contribution in [-0.4, -0.2) is 20.9 Å². The molecule has 0 fully saturated rings. The van der Waals surface area contributed by atoms with Crippen LogP contribution in [0.3, 0.4) is 0 Å². The minimum Gasteiger partial charge on any atom is -0.373 e. The van der Waals surface area contributed by atoms with Crippen molar-refractivity contribution < 1.29 is 4.79 Å². The van der Waals surface area contributed by atoms with Gasteiger partial charge in [-0.2, -0.15) is 5.26 Å². The molecular formula is C24H25ClN4O2. The number of carbonyl (C=O) groups excluding carboxylic acids is 1. The molecule has 0 unspecified atom stereocenters. The monoisotopic (exact) mass is 436 g/mol. The Morgan fingerprint density at radius 1 is 1.29 bits per heavy atom. The summed E-state index contributed by atoms with van der Waals surface area (Å²) in [5.74, 6) is 0.0880. The van der Waals surface area contributed by atoms with Crippen molar-refractivity contribution in [1.82, 2.24) is 9.55 Å². The Balaban J connectivity index is 2.09. The van der Waals surface area contributed by atoms with Crippen molar-refractivity contribution in [2.75, 3.05) is 5.32 Å². The minimum absolute atomic E-state index is 0.0880. The number of benzene rings is 1. The molecule has 7 heteroatoms. The molecule has 2 heterocycles. The molecule has 0 aliphatic heterocycles. The molecule has 3 aromatic rings. The van der Waals surface area contributed by atoms with Crippen LogP contribution in [0.5, 0.6) is 0 Å². The van der Waals surface area contributed by atoms with E-state index < -0.39 is 5.54 Å². The summed E-state index contributed by atoms with van der Waals surface area (Å²) < 4.78 is 1.58. The molecule has 2 aromatic heterocycles. The number of carbonyl (C=O) groups is 1. The molecule has 1 aromatic carbocycles. The van der Waals surface area contributed by atoms with Gasteiger partial charge in [0.2, 0.25) is 0 Å². The lowest BCUT2D eigenvalue weighted by atomic mass is 9.94. The SMILES string of the molecule is CCCC(=O)C(C)(C)Nc1cc(=O)n(C)c2ccc(Cc3ccnc(Cl)c3C#N)cc12. The van der Waals surface area contributed by atoms with Crippen molar-refractivity contribution in [1.29, 1.82) is 5.26 Å². The van der Waals surface area contributed by atoms with Crippen molar-refractivity contribution in [2.45, 2.75) is 45.6 Å². The molecule has 31 heavy (non-hydrogen) atoms. The molecule has 0 bridgehead atoms. The summed E-state index contributed by atoms with van der Waals surface area (Å²) >= 11 is 6.07. The van der Waals surface area contributed by atoms with Crippen molar-refractivity contribution in [3.05, 3.63) is 68.7 Å². The van der Waals surface area contributed by atoms with E-state index in [0.717, 1.165) is 28.5 Å². The number of fused-ring (bicyclic) bond motifs is 1. The van der Waals surface area contributed by atoms with E-state index in [1.165, 1.54) is 6.07 Å². The number of anilines is 1. The van der Waals surface area contributed by atoms with Crippen LogP contribution in [0.25, 0.3) is 10.9 Å². The summed E-state index contributed by atoms with van der Waals surface area (Å²) in [5.41, 5.74) is 2.49. The fraction of sp³-hybridized carbons (Fsp3) is 0.333. The van der Waals surface area contributed by atoms with E-state index in [1.807, 2.05) is 39.0 Å². The number of halogens is 1. The highest BCUT2D eigenvalue weighted by molar-refractivity contribution is 6.30. The number of pyridine rings is 2. The van der Waals surface area contributed by atoms with E-state index in [4.69, 9.17) is 11.6 Å². The van der Waals surface area contributed by atoms with Crippen molar-refractivity contribution >= 4 is 34.0 Å². The number of hydrogen-bond donors (Lipinski definition) is 1. The van der Waals surface area contributed by atoms with Gasteiger partial charge in [0.05, 0.1) is 16.6 Å². The number of rotatable bonds is 7. The number of Topliss-reactive ketones (excluding diaryl/α,β-unsaturated/α-hetero) is 1. The first-order valence-electron chi connectivity index (χ1n) is 10.2. The number of aromatic nitrogens is 2. The Kier molecular flexibility index (Phi) is 6.47. The third-order valence-electron chi connectivity index (χ3n) is 5.43. The summed E-state index contributed by atoms with van der Waals surface area (Å²) in [6.45, 7) is 5.63. The van der Waals surface area contributed by atoms with Crippen LogP contribution in [0.1, 0.15) is 50.3 Å². The van der Waals surface area contributed by atoms with Crippen LogP contribution in [-0.2, 0) is 18.3 Å². The number of hydrogen-bond acceptors (Lipinski definition) is 5. The van der Waals surface area contributed by atoms with Crippen LogP contribution in [0, 0.1) is 11.3 Å². The van der Waals surface area contributed by atoms with Gasteiger partial charge in [0.1, 0.15) is 11.2 Å². The van der Waals surface area contributed by atoms with Gasteiger partial charge in [0.15, 0.2) is 5.78 Å². The quantitative estimate of drug-likeness (QED) is 0.546. The summed E-state index contributed by atoms with van der Waals surface area (Å²) in [7, 11) is 1.72. The zero-order valence-electron chi connectivity index (χ0n) is 18.1. The molecule has 1 N–H and O–H groups in total. The van der Waals surface area contributed by atoms with Gasteiger partial charge in [-0.15, -0.1) is 0 Å². The maximum Gasteiger partial charge on any atom is 0.252 e. The van der Waals surface area contributed by atoms with E-state index in [0.29, 0.717) is 24.1 Å². The first-order chi connectivity index (χ1) is 14.7. The zero-order chi connectivity index (χ0) is 22.8. The van der Waals surface area contributed by atoms with Gasteiger partial charge >= 0.3 is 0 Å². The molecule has 160 valence electrons. The Morgan fingerprint density at radius 2 is 2.03 bits per heavy atom. The molecule has 0 aliphatic rings. The first-order valence-corrected chi connectivity index (χ1v) is 10.5. The van der Waals surface area contributed by atoms with Crippen LogP contribution < -0.4 is 10.9 Å². The lowest BCUT2D eigenvalue weighted by molar-refractivity contribution is -0.122. The Morgan fingerprint density at radius 3 is 2.71 bits per heavy atom. The standard InChI is InChI=1S/C24H25ClN4O2/c1-5-6-21(30)24(2,3)28-19-13-22(31)29(4)20-8-7-15(12-17(19)20)11-16-9-10-27-23(25)18(16)14-26/h7-10,12-13,28H,5-6,11H2,1-4H3. The summed E-state index contributed by atoms with van der Waals surface area (Å²) in [5, 5.41) is 13.7. The van der Waals surface area contributed by atoms with Crippen LogP contribution in [0.15, 0.2) is 41.3 Å². The maximum atomic E-state index is 12.6. The summed E-state index contributed by atoms with van der Waals surface area (Å²) in [4.78, 5) is 29.1. The van der Waals surface area contributed by atoms with Gasteiger partial charge in [-0.3, -0.25) is 9.59 Å². The lowest BCUT2D eigenvalue weighted by Crippen LogP contribution is -2.40. The molecule has 0 aliphatic carbocycles. The number of nitriles is 1. The number of nitrogens with one attached hydrogen (secondary N) is 1. The second kappa shape index (κ2) is 8.91. The van der Waals surface area contributed by atoms with E-state index in [2.05, 4.69) is 16.4 Å². The van der Waals surface area contributed by atoms with E-state index >= 15 is 0 Å². The zero-order valence-corrected chi connectivity index (χ0v) is 18.9. The second-order valence-electron chi connectivity index (χ2n) is 8.15. The third-order valence-corrected chi connectivity index (χ3v) is 5.72. The van der Waals surface area contributed by atoms with Gasteiger partial charge in [0, 0.05) is 36.8 Å². The van der Waals surface area contributed by atoms with Crippen molar-refractivity contribution in [3.8, 4) is 6.07 Å². The molecule has 0 saturated carbocycles. The van der Waals surface area contributed by atoms with Gasteiger partial charge in [-0.05, 0) is 56.0 Å². The highest BCUT2D eigenvalue weighted by Crippen LogP contribution is 2.28. The molecule has 6 nitrogen and oxygen atoms in total. The highest BCUT2D eigenvalue weighted by Gasteiger charge is 2.27. The fourth-order valence-corrected chi connectivity index (χ4v) is 3.85. The topological polar surface area (TPSA) is 87.8 Å². The molecule has 0 radical (unpaired) electrons. The summed E-state index contributed by atoms with van der Waals surface area (Å²) in [6, 6.07) is 11.2. The molecule has 3 rings (SSSR count). The average Bonchev–Trinajstić information content (AvgIpc) is 2.72. The molecule has 0 amide bonds. The van der Waals surface area contributed by atoms with Gasteiger partial charge in [0.25, 0.3) is 5.56 Å². The molecule has 0 spiro atoms. The van der Waals surface area contributed by atoms with Crippen LogP contribution >= 0.6 is 11.6 Å². The van der Waals surface area contributed by atoms with Gasteiger partial charge in [-0.25, -0.2) is 4.98 Å². The lowest BCUT2D eigenvalue weighted by Gasteiger charge is -2.27. The smallest absolute Gasteiger partial charge is 0.252 e. The Bertz CT molecular complexity index is 1250. The maximum absolute atomic E-state index is 12.6. The van der Waals surface area contributed by atoms with E-state index in [-0.39, 0.29) is 16.5 Å². The Hall–Kier alpha value is -3.17. The van der Waals surface area contributed by atoms with Crippen LogP contribution in [0.4, 0.5) is 5.69 Å². The largest absolute Gasteiger partial charge is 0.373 e. The molecule has 0 saturated heterocycles. The normalized spacial score (nSPS) is 11.4. The fourth-order valence-electron chi connectivity index (χ4n) is 3.63. The Labute approximate surface area is 186 Å². The number of nitrogens with zero attached hydrogens (tertiary/aromatic N) is 3. The van der Waals surface area contributed by atoms with E-state index in [9.17, 15) is 14.9 Å². The second-order valence-corrected chi connectivity index (χ2v) is 8.51. The number of ketones is 1.